The van der Waals surface area contributed by atoms with E-state index in [1.807, 2.05) is 24.8 Å². The number of hydrogen-bond acceptors (Lipinski definition) is 6. The van der Waals surface area contributed by atoms with Crippen LogP contribution < -0.4 is 0 Å². The van der Waals surface area contributed by atoms with Gasteiger partial charge < -0.3 is 14.7 Å². The molecule has 4 amide bonds. The lowest BCUT2D eigenvalue weighted by atomic mass is 9.83. The number of nitrogens with zero attached hydrogens (tertiary/aromatic N) is 4. The minimum absolute atomic E-state index is 0. The number of piperidine rings is 1. The smallest absolute Gasteiger partial charge is 0.328 e. The quantitative estimate of drug-likeness (QED) is 0.358. The van der Waals surface area contributed by atoms with Crippen molar-refractivity contribution in [2.24, 2.45) is 11.3 Å². The molecule has 0 saturated carbocycles. The molecule has 5 rings (SSSR count). The highest BCUT2D eigenvalue weighted by Crippen LogP contribution is 2.41. The zero-order valence-corrected chi connectivity index (χ0v) is 29.6. The monoisotopic (exact) mass is 672 g/mol. The van der Waals surface area contributed by atoms with Crippen molar-refractivity contribution in [3.8, 4) is 0 Å². The molecule has 3 fully saturated rings. The van der Waals surface area contributed by atoms with Gasteiger partial charge in [0.1, 0.15) is 5.54 Å². The lowest BCUT2D eigenvalue weighted by Crippen LogP contribution is -2.58. The third kappa shape index (κ3) is 7.44. The minimum atomic E-state index is -3.34. The van der Waals surface area contributed by atoms with Crippen molar-refractivity contribution in [1.82, 2.24) is 19.6 Å². The van der Waals surface area contributed by atoms with Crippen LogP contribution in [0, 0.1) is 11.3 Å². The lowest BCUT2D eigenvalue weighted by Gasteiger charge is -2.44. The molecule has 2 atom stereocenters. The van der Waals surface area contributed by atoms with Gasteiger partial charge in [-0.05, 0) is 61.3 Å². The van der Waals surface area contributed by atoms with Crippen molar-refractivity contribution < 1.29 is 22.8 Å². The van der Waals surface area contributed by atoms with Crippen molar-refractivity contribution in [2.75, 3.05) is 39.0 Å². The predicted octanol–water partition coefficient (Wildman–Crippen LogP) is 5.20. The van der Waals surface area contributed by atoms with Crippen molar-refractivity contribution in [1.29, 1.82) is 0 Å². The standard InChI is InChI=1S/C35H48N4O5S.ClH/c1-25(2)39-33(42)38(21-26-12-14-29(15-13-26)45(6,43)44)32(41)35(39)16-18-36(19-17-35)22-28-23-37(31(40)20-34(3,4)5)24-30(28)27-10-8-7-9-11-27;/h7-15,25,28,30H,16-24H2,1-6H3;1H/t28-,30+;/m0./s1. The molecule has 0 aromatic heterocycles. The Kier molecular flexibility index (Phi) is 10.7. The summed E-state index contributed by atoms with van der Waals surface area (Å²) in [5.41, 5.74) is 1.00. The average Bonchev–Trinajstić information content (AvgIpc) is 3.47. The van der Waals surface area contributed by atoms with E-state index >= 15 is 0 Å². The first-order valence-corrected chi connectivity index (χ1v) is 18.0. The van der Waals surface area contributed by atoms with Crippen LogP contribution in [0.25, 0.3) is 0 Å². The number of benzene rings is 2. The van der Waals surface area contributed by atoms with Crippen LogP contribution in [-0.4, -0.2) is 96.4 Å². The maximum atomic E-state index is 14.1. The Morgan fingerprint density at radius 3 is 2.11 bits per heavy atom. The third-order valence-corrected chi connectivity index (χ3v) is 10.8. The van der Waals surface area contributed by atoms with Crippen LogP contribution in [-0.2, 0) is 26.0 Å². The third-order valence-electron chi connectivity index (χ3n) is 9.63. The van der Waals surface area contributed by atoms with Crippen LogP contribution in [0.3, 0.4) is 0 Å². The Labute approximate surface area is 280 Å². The number of amides is 4. The number of sulfone groups is 1. The molecule has 1 spiro atoms. The van der Waals surface area contributed by atoms with Crippen molar-refractivity contribution in [3.63, 3.8) is 0 Å². The second-order valence-corrected chi connectivity index (χ2v) is 16.7. The Morgan fingerprint density at radius 1 is 0.957 bits per heavy atom. The first-order valence-electron chi connectivity index (χ1n) is 16.1. The zero-order chi connectivity index (χ0) is 32.7. The Morgan fingerprint density at radius 2 is 1.57 bits per heavy atom. The van der Waals surface area contributed by atoms with E-state index in [1.165, 1.54) is 22.6 Å². The summed E-state index contributed by atoms with van der Waals surface area (Å²) < 4.78 is 23.8. The van der Waals surface area contributed by atoms with E-state index in [-0.39, 0.29) is 65.0 Å². The summed E-state index contributed by atoms with van der Waals surface area (Å²) in [5, 5.41) is 0. The summed E-state index contributed by atoms with van der Waals surface area (Å²) in [6.07, 6.45) is 2.78. The van der Waals surface area contributed by atoms with Gasteiger partial charge in [0.2, 0.25) is 5.91 Å². The van der Waals surface area contributed by atoms with Gasteiger partial charge in [-0.25, -0.2) is 13.2 Å². The topological polar surface area (TPSA) is 98.3 Å². The number of hydrogen-bond donors (Lipinski definition) is 0. The molecule has 3 saturated heterocycles. The normalized spacial score (nSPS) is 22.2. The number of urea groups is 1. The summed E-state index contributed by atoms with van der Waals surface area (Å²) in [6.45, 7) is 14.0. The van der Waals surface area contributed by atoms with E-state index < -0.39 is 15.4 Å². The van der Waals surface area contributed by atoms with Crippen LogP contribution in [0.5, 0.6) is 0 Å². The molecule has 0 N–H and O–H groups in total. The van der Waals surface area contributed by atoms with E-state index in [0.717, 1.165) is 25.9 Å². The van der Waals surface area contributed by atoms with Crippen molar-refractivity contribution >= 4 is 40.1 Å². The Hall–Kier alpha value is -2.95. The Balaban J connectivity index is 0.00000480. The van der Waals surface area contributed by atoms with Crippen LogP contribution in [0.4, 0.5) is 4.79 Å². The molecule has 11 heteroatoms. The first kappa shape index (κ1) is 35.9. The SMILES string of the molecule is CC(C)N1C(=O)N(Cc2ccc(S(C)(=O)=O)cc2)C(=O)C12CCN(C[C@H]1CN(C(=O)CC(C)(C)C)C[C@@H]1c1ccccc1)CC2.Cl. The number of likely N-dealkylation sites (tertiary alicyclic amines) is 2. The highest BCUT2D eigenvalue weighted by molar-refractivity contribution is 7.90. The molecule has 46 heavy (non-hydrogen) atoms. The summed E-state index contributed by atoms with van der Waals surface area (Å²) in [5.74, 6) is 0.559. The summed E-state index contributed by atoms with van der Waals surface area (Å²) in [6, 6.07) is 16.4. The first-order chi connectivity index (χ1) is 21.1. The molecule has 0 aliphatic carbocycles. The molecule has 9 nitrogen and oxygen atoms in total. The fourth-order valence-corrected chi connectivity index (χ4v) is 8.06. The average molecular weight is 673 g/mol. The number of rotatable bonds is 8. The fraction of sp³-hybridized carbons (Fsp3) is 0.571. The Bertz CT molecular complexity index is 1520. The lowest BCUT2D eigenvalue weighted by molar-refractivity contribution is -0.137. The molecule has 3 aliphatic rings. The second kappa shape index (κ2) is 13.6. The van der Waals surface area contributed by atoms with Gasteiger partial charge in [0, 0.05) is 57.4 Å². The largest absolute Gasteiger partial charge is 0.342 e. The number of halogens is 1. The van der Waals surface area contributed by atoms with Crippen molar-refractivity contribution in [2.45, 2.75) is 82.8 Å². The molecular weight excluding hydrogens is 624 g/mol. The van der Waals surface area contributed by atoms with Gasteiger partial charge in [-0.1, -0.05) is 63.2 Å². The fourth-order valence-electron chi connectivity index (χ4n) is 7.43. The van der Waals surface area contributed by atoms with Crippen LogP contribution in [0.15, 0.2) is 59.5 Å². The molecule has 252 valence electrons. The van der Waals surface area contributed by atoms with E-state index in [4.69, 9.17) is 0 Å². The van der Waals surface area contributed by atoms with Crippen LogP contribution in [0.2, 0.25) is 0 Å². The van der Waals surface area contributed by atoms with Crippen LogP contribution >= 0.6 is 12.4 Å². The van der Waals surface area contributed by atoms with Gasteiger partial charge in [0.15, 0.2) is 9.84 Å². The molecule has 2 aromatic rings. The van der Waals surface area contributed by atoms with Crippen LogP contribution in [0.1, 0.15) is 70.9 Å². The molecule has 0 unspecified atom stereocenters. The summed E-state index contributed by atoms with van der Waals surface area (Å²) in [4.78, 5) is 48.8. The highest BCUT2D eigenvalue weighted by Gasteiger charge is 2.58. The van der Waals surface area contributed by atoms with E-state index in [2.05, 4.69) is 49.9 Å². The van der Waals surface area contributed by atoms with Gasteiger partial charge in [-0.15, -0.1) is 12.4 Å². The number of carbonyl (C=O) groups is 3. The molecule has 3 heterocycles. The van der Waals surface area contributed by atoms with E-state index in [0.29, 0.717) is 37.9 Å². The maximum absolute atomic E-state index is 14.1. The molecule has 0 bridgehead atoms. The van der Waals surface area contributed by atoms with Gasteiger partial charge in [0.25, 0.3) is 5.91 Å². The van der Waals surface area contributed by atoms with E-state index in [9.17, 15) is 22.8 Å². The molecule has 3 aliphatic heterocycles. The number of carbonyl (C=O) groups excluding carboxylic acids is 3. The van der Waals surface area contributed by atoms with Crippen molar-refractivity contribution in [3.05, 3.63) is 65.7 Å². The highest BCUT2D eigenvalue weighted by atomic mass is 35.5. The predicted molar refractivity (Wildman–Crippen MR) is 181 cm³/mol. The van der Waals surface area contributed by atoms with Gasteiger partial charge in [-0.2, -0.15) is 0 Å². The second-order valence-electron chi connectivity index (χ2n) is 14.7. The molecular formula is C35H49ClN4O5S. The van der Waals surface area contributed by atoms with Gasteiger partial charge >= 0.3 is 6.03 Å². The molecule has 2 aromatic carbocycles. The maximum Gasteiger partial charge on any atom is 0.328 e. The minimum Gasteiger partial charge on any atom is -0.342 e. The number of imide groups is 1. The van der Waals surface area contributed by atoms with Gasteiger partial charge in [-0.3, -0.25) is 14.5 Å². The van der Waals surface area contributed by atoms with Gasteiger partial charge in [0.05, 0.1) is 11.4 Å². The zero-order valence-electron chi connectivity index (χ0n) is 27.9. The summed E-state index contributed by atoms with van der Waals surface area (Å²) >= 11 is 0. The molecule has 0 radical (unpaired) electrons. The summed E-state index contributed by atoms with van der Waals surface area (Å²) in [7, 11) is -3.34. The van der Waals surface area contributed by atoms with E-state index in [1.54, 1.807) is 17.0 Å².